The molecule has 4 rings (SSSR count). The lowest BCUT2D eigenvalue weighted by molar-refractivity contribution is -0.143. The topological polar surface area (TPSA) is 59.8 Å². The summed E-state index contributed by atoms with van der Waals surface area (Å²) in [5.74, 6) is -0.822. The number of fused-ring (bicyclic) bond motifs is 1. The van der Waals surface area contributed by atoms with Crippen molar-refractivity contribution >= 4 is 22.6 Å². The van der Waals surface area contributed by atoms with Crippen LogP contribution in [0.25, 0.3) is 16.7 Å². The number of carbonyl (C=O) groups excluding carboxylic acids is 1. The second-order valence-electron chi connectivity index (χ2n) is 7.19. The Morgan fingerprint density at radius 2 is 1.52 bits per heavy atom. The first-order valence-corrected chi connectivity index (χ1v) is 9.45. The molecule has 0 radical (unpaired) electrons. The number of anilines is 1. The van der Waals surface area contributed by atoms with Crippen molar-refractivity contribution in [2.24, 2.45) is 0 Å². The molecule has 0 unspecified atom stereocenters. The van der Waals surface area contributed by atoms with E-state index >= 15 is 0 Å². The summed E-state index contributed by atoms with van der Waals surface area (Å²) in [6.45, 7) is 1.61. The first-order valence-electron chi connectivity index (χ1n) is 9.45. The molecule has 2 aromatic heterocycles. The molecule has 0 saturated heterocycles. The Kier molecular flexibility index (Phi) is 5.35. The number of hydrogen-bond acceptors (Lipinski definition) is 3. The van der Waals surface area contributed by atoms with Crippen molar-refractivity contribution < 1.29 is 31.1 Å². The Morgan fingerprint density at radius 3 is 2.15 bits per heavy atom. The number of halogens is 6. The van der Waals surface area contributed by atoms with Gasteiger partial charge >= 0.3 is 12.4 Å². The van der Waals surface area contributed by atoms with E-state index in [1.54, 1.807) is 31.2 Å². The van der Waals surface area contributed by atoms with E-state index in [1.807, 2.05) is 12.1 Å². The number of para-hydroxylation sites is 1. The minimum absolute atomic E-state index is 0.0336. The number of hydrogen-bond donors (Lipinski definition) is 1. The average molecular weight is 464 g/mol. The van der Waals surface area contributed by atoms with Crippen LogP contribution in [0, 0.1) is 6.92 Å². The summed E-state index contributed by atoms with van der Waals surface area (Å²) in [6.07, 6.45) is -10.1. The van der Waals surface area contributed by atoms with Crippen LogP contribution < -0.4 is 5.32 Å². The van der Waals surface area contributed by atoms with Crippen molar-refractivity contribution in [3.63, 3.8) is 0 Å². The molecule has 0 aliphatic heterocycles. The summed E-state index contributed by atoms with van der Waals surface area (Å²) in [5, 5.41) is 7.41. The van der Waals surface area contributed by atoms with Crippen LogP contribution in [0.5, 0.6) is 0 Å². The molecular formula is C22H14F6N4O. The molecule has 11 heteroatoms. The van der Waals surface area contributed by atoms with Crippen molar-refractivity contribution in [3.8, 4) is 5.82 Å². The van der Waals surface area contributed by atoms with Crippen LogP contribution >= 0.6 is 0 Å². The predicted octanol–water partition coefficient (Wildman–Crippen LogP) is 6.02. The van der Waals surface area contributed by atoms with Crippen molar-refractivity contribution in [3.05, 3.63) is 83.0 Å². The molecule has 0 bridgehead atoms. The van der Waals surface area contributed by atoms with E-state index in [4.69, 9.17) is 0 Å². The van der Waals surface area contributed by atoms with Crippen molar-refractivity contribution in [1.29, 1.82) is 0 Å². The summed E-state index contributed by atoms with van der Waals surface area (Å²) < 4.78 is 80.0. The second kappa shape index (κ2) is 7.91. The van der Waals surface area contributed by atoms with Gasteiger partial charge in [0.2, 0.25) is 0 Å². The number of rotatable bonds is 3. The average Bonchev–Trinajstić information content (AvgIpc) is 3.11. The van der Waals surface area contributed by atoms with Gasteiger partial charge in [0.1, 0.15) is 5.82 Å². The lowest BCUT2D eigenvalue weighted by Gasteiger charge is -2.14. The monoisotopic (exact) mass is 464 g/mol. The van der Waals surface area contributed by atoms with Gasteiger partial charge in [-0.1, -0.05) is 18.2 Å². The van der Waals surface area contributed by atoms with E-state index in [2.05, 4.69) is 15.4 Å². The van der Waals surface area contributed by atoms with Gasteiger partial charge in [0.05, 0.1) is 22.3 Å². The summed E-state index contributed by atoms with van der Waals surface area (Å²) in [4.78, 5) is 17.1. The van der Waals surface area contributed by atoms with Gasteiger partial charge in [0, 0.05) is 17.0 Å². The quantitative estimate of drug-likeness (QED) is 0.378. The summed E-state index contributed by atoms with van der Waals surface area (Å²) in [5.41, 5.74) is -2.88. The van der Waals surface area contributed by atoms with Crippen LogP contribution in [0.1, 0.15) is 27.2 Å². The van der Waals surface area contributed by atoms with Gasteiger partial charge in [-0.05, 0) is 43.3 Å². The SMILES string of the molecule is Cc1cc(NC(=O)c2cc(C(F)(F)F)cc(C(F)(F)F)c2)n(-c2ccc3ccccc3n2)n1. The highest BCUT2D eigenvalue weighted by atomic mass is 19.4. The Balaban J connectivity index is 1.73. The zero-order chi connectivity index (χ0) is 24.0. The van der Waals surface area contributed by atoms with Gasteiger partial charge in [0.25, 0.3) is 5.91 Å². The highest BCUT2D eigenvalue weighted by Gasteiger charge is 2.37. The Bertz CT molecular complexity index is 1320. The van der Waals surface area contributed by atoms with E-state index in [9.17, 15) is 31.1 Å². The van der Waals surface area contributed by atoms with Crippen LogP contribution in [-0.2, 0) is 12.4 Å². The Labute approximate surface area is 182 Å². The number of benzene rings is 2. The van der Waals surface area contributed by atoms with E-state index in [1.165, 1.54) is 10.7 Å². The van der Waals surface area contributed by atoms with E-state index in [0.29, 0.717) is 29.2 Å². The van der Waals surface area contributed by atoms with Crippen molar-refractivity contribution in [2.75, 3.05) is 5.32 Å². The van der Waals surface area contributed by atoms with Crippen LogP contribution in [-0.4, -0.2) is 20.7 Å². The molecule has 0 aliphatic rings. The number of pyridine rings is 1. The Morgan fingerprint density at radius 1 is 0.879 bits per heavy atom. The number of amides is 1. The van der Waals surface area contributed by atoms with Gasteiger partial charge in [-0.25, -0.2) is 4.98 Å². The molecule has 4 aromatic rings. The maximum absolute atomic E-state index is 13.1. The minimum Gasteiger partial charge on any atom is -0.306 e. The molecule has 0 fully saturated rings. The van der Waals surface area contributed by atoms with Gasteiger partial charge in [-0.2, -0.15) is 36.1 Å². The number of carbonyl (C=O) groups is 1. The van der Waals surface area contributed by atoms with E-state index < -0.39 is 35.0 Å². The molecule has 5 nitrogen and oxygen atoms in total. The number of aromatic nitrogens is 3. The lowest BCUT2D eigenvalue weighted by atomic mass is 10.0. The smallest absolute Gasteiger partial charge is 0.306 e. The number of nitrogens with one attached hydrogen (secondary N) is 1. The molecule has 170 valence electrons. The molecule has 2 aromatic carbocycles. The molecule has 0 saturated carbocycles. The molecule has 0 spiro atoms. The molecule has 1 N–H and O–H groups in total. The third kappa shape index (κ3) is 4.66. The number of alkyl halides is 6. The fourth-order valence-electron chi connectivity index (χ4n) is 3.21. The summed E-state index contributed by atoms with van der Waals surface area (Å²) in [6, 6.07) is 12.7. The predicted molar refractivity (Wildman–Crippen MR) is 108 cm³/mol. The van der Waals surface area contributed by atoms with Crippen LogP contribution in [0.2, 0.25) is 0 Å². The normalized spacial score (nSPS) is 12.2. The van der Waals surface area contributed by atoms with Crippen molar-refractivity contribution in [2.45, 2.75) is 19.3 Å². The van der Waals surface area contributed by atoms with Crippen molar-refractivity contribution in [1.82, 2.24) is 14.8 Å². The Hall–Kier alpha value is -3.89. The molecule has 33 heavy (non-hydrogen) atoms. The summed E-state index contributed by atoms with van der Waals surface area (Å²) in [7, 11) is 0. The maximum atomic E-state index is 13.1. The van der Waals surface area contributed by atoms with E-state index in [0.717, 1.165) is 5.39 Å². The molecule has 1 amide bonds. The zero-order valence-electron chi connectivity index (χ0n) is 16.8. The van der Waals surface area contributed by atoms with Gasteiger partial charge < -0.3 is 5.32 Å². The highest BCUT2D eigenvalue weighted by molar-refractivity contribution is 6.04. The van der Waals surface area contributed by atoms with Crippen LogP contribution in [0.3, 0.4) is 0 Å². The molecule has 0 atom stereocenters. The maximum Gasteiger partial charge on any atom is 0.416 e. The van der Waals surface area contributed by atoms with Crippen LogP contribution in [0.15, 0.2) is 60.7 Å². The zero-order valence-corrected chi connectivity index (χ0v) is 16.8. The fraction of sp³-hybridized carbons (Fsp3) is 0.136. The van der Waals surface area contributed by atoms with Gasteiger partial charge in [0.15, 0.2) is 5.82 Å². The largest absolute Gasteiger partial charge is 0.416 e. The van der Waals surface area contributed by atoms with Crippen LogP contribution in [0.4, 0.5) is 32.2 Å². The second-order valence-corrected chi connectivity index (χ2v) is 7.19. The third-order valence-electron chi connectivity index (χ3n) is 4.72. The molecular weight excluding hydrogens is 450 g/mol. The van der Waals surface area contributed by atoms with Gasteiger partial charge in [-0.3, -0.25) is 4.79 Å². The standard InChI is InChI=1S/C22H14F6N4O/c1-12-8-19(32(31-12)18-7-6-13-4-2-3-5-17(13)29-18)30-20(33)14-9-15(21(23,24)25)11-16(10-14)22(26,27)28/h2-11H,1H3,(H,30,33). The lowest BCUT2D eigenvalue weighted by Crippen LogP contribution is -2.18. The molecule has 0 aliphatic carbocycles. The first kappa shape index (κ1) is 22.3. The number of aryl methyl sites for hydroxylation is 1. The third-order valence-corrected chi connectivity index (χ3v) is 4.72. The van der Waals surface area contributed by atoms with E-state index in [-0.39, 0.29) is 11.9 Å². The number of nitrogens with zero attached hydrogens (tertiary/aromatic N) is 3. The highest BCUT2D eigenvalue weighted by Crippen LogP contribution is 2.36. The minimum atomic E-state index is -5.07. The fourth-order valence-corrected chi connectivity index (χ4v) is 3.21. The first-order chi connectivity index (χ1) is 15.4. The van der Waals surface area contributed by atoms with Gasteiger partial charge in [-0.15, -0.1) is 0 Å². The molecule has 2 heterocycles. The summed E-state index contributed by atoms with van der Waals surface area (Å²) >= 11 is 0.